The topological polar surface area (TPSA) is 75.8 Å². The Hall–Kier alpha value is -1.92. The van der Waals surface area contributed by atoms with Gasteiger partial charge >= 0.3 is 0 Å². The summed E-state index contributed by atoms with van der Waals surface area (Å²) < 4.78 is 18.2. The third kappa shape index (κ3) is 3.33. The van der Waals surface area contributed by atoms with Gasteiger partial charge < -0.3 is 20.5 Å². The molecule has 0 unspecified atom stereocenters. The number of β-amino-alcohol motifs (C(OH)–C–C–N with tert-alkyl or cyclic N) is 1. The molecule has 3 saturated carbocycles. The van der Waals surface area contributed by atoms with E-state index in [1.54, 1.807) is 0 Å². The van der Waals surface area contributed by atoms with E-state index in [-0.39, 0.29) is 36.0 Å². The van der Waals surface area contributed by atoms with E-state index in [1.807, 2.05) is 17.0 Å². The van der Waals surface area contributed by atoms with E-state index in [0.29, 0.717) is 30.7 Å². The first-order valence-corrected chi connectivity index (χ1v) is 10.2. The maximum Gasteiger partial charge on any atom is 0.228 e. The largest absolute Gasteiger partial charge is 0.489 e. The zero-order chi connectivity index (χ0) is 19.8. The molecule has 152 valence electrons. The fourth-order valence-electron chi connectivity index (χ4n) is 5.11. The fraction of sp³-hybridized carbons (Fsp3) is 0.591. The number of hydrogen-bond donors (Lipinski definition) is 2. The molecular formula is C22H29FN2O3. The molecule has 3 N–H and O–H groups in total. The van der Waals surface area contributed by atoms with Crippen LogP contribution in [0.1, 0.15) is 44.1 Å². The van der Waals surface area contributed by atoms with Crippen LogP contribution in [0, 0.1) is 5.41 Å². The minimum Gasteiger partial charge on any atom is -0.489 e. The number of amides is 1. The summed E-state index contributed by atoms with van der Waals surface area (Å²) in [5.74, 6) is 0.965. The van der Waals surface area contributed by atoms with Gasteiger partial charge in [0.1, 0.15) is 12.4 Å². The fourth-order valence-corrected chi connectivity index (χ4v) is 5.11. The van der Waals surface area contributed by atoms with E-state index in [4.69, 9.17) is 10.5 Å². The van der Waals surface area contributed by atoms with E-state index in [0.717, 1.165) is 38.5 Å². The van der Waals surface area contributed by atoms with Crippen molar-refractivity contribution in [3.8, 4) is 5.75 Å². The maximum atomic E-state index is 12.9. The number of benzene rings is 1. The van der Waals surface area contributed by atoms with Crippen LogP contribution in [-0.2, 0) is 10.2 Å². The molecule has 4 fully saturated rings. The van der Waals surface area contributed by atoms with Crippen molar-refractivity contribution < 1.29 is 19.0 Å². The molecule has 0 atom stereocenters. The van der Waals surface area contributed by atoms with Crippen LogP contribution in [0.2, 0.25) is 0 Å². The van der Waals surface area contributed by atoms with Crippen molar-refractivity contribution in [2.75, 3.05) is 26.2 Å². The van der Waals surface area contributed by atoms with Gasteiger partial charge in [-0.25, -0.2) is 4.39 Å². The molecule has 4 aliphatic rings. The highest BCUT2D eigenvalue weighted by atomic mass is 19.1. The second-order valence-electron chi connectivity index (χ2n) is 8.71. The van der Waals surface area contributed by atoms with Crippen molar-refractivity contribution >= 4 is 5.91 Å². The number of nitrogens with zero attached hydrogens (tertiary/aromatic N) is 1. The molecule has 1 saturated heterocycles. The monoisotopic (exact) mass is 388 g/mol. The number of ether oxygens (including phenoxy) is 1. The zero-order valence-corrected chi connectivity index (χ0v) is 16.2. The van der Waals surface area contributed by atoms with Gasteiger partial charge in [0.05, 0.1) is 12.4 Å². The molecule has 5 rings (SSSR count). The number of aliphatic hydroxyl groups is 1. The standard InChI is InChI=1S/C22H29FN2O3/c23-11-16(12-24)15-28-19-3-1-17(2-4-19)21-5-8-22(9-6-21,10-7-21)20(27)25-13-18(26)14-25/h1-4,11,18,26H,5-10,12-15,24H2. The van der Waals surface area contributed by atoms with Crippen molar-refractivity contribution in [2.24, 2.45) is 11.1 Å². The molecule has 2 bridgehead atoms. The second-order valence-corrected chi connectivity index (χ2v) is 8.71. The highest BCUT2D eigenvalue weighted by Crippen LogP contribution is 2.58. The molecule has 28 heavy (non-hydrogen) atoms. The van der Waals surface area contributed by atoms with Gasteiger partial charge in [-0.05, 0) is 61.6 Å². The van der Waals surface area contributed by atoms with Gasteiger partial charge in [0.2, 0.25) is 5.91 Å². The normalized spacial score (nSPS) is 30.2. The smallest absolute Gasteiger partial charge is 0.228 e. The average molecular weight is 388 g/mol. The van der Waals surface area contributed by atoms with Crippen LogP contribution in [0.4, 0.5) is 4.39 Å². The number of hydrogen-bond acceptors (Lipinski definition) is 4. The number of rotatable bonds is 6. The first-order chi connectivity index (χ1) is 13.5. The van der Waals surface area contributed by atoms with Crippen molar-refractivity contribution in [1.29, 1.82) is 0 Å². The van der Waals surface area contributed by atoms with Gasteiger partial charge in [0.25, 0.3) is 0 Å². The predicted molar refractivity (Wildman–Crippen MR) is 105 cm³/mol. The maximum absolute atomic E-state index is 12.9. The highest BCUT2D eigenvalue weighted by molar-refractivity contribution is 5.84. The molecular weight excluding hydrogens is 359 g/mol. The lowest BCUT2D eigenvalue weighted by Gasteiger charge is -2.55. The summed E-state index contributed by atoms with van der Waals surface area (Å²) in [5.41, 5.74) is 7.13. The van der Waals surface area contributed by atoms with Crippen LogP contribution in [0.5, 0.6) is 5.75 Å². The van der Waals surface area contributed by atoms with Crippen LogP contribution >= 0.6 is 0 Å². The van der Waals surface area contributed by atoms with Crippen molar-refractivity contribution in [3.05, 3.63) is 41.7 Å². The number of aliphatic hydroxyl groups excluding tert-OH is 1. The van der Waals surface area contributed by atoms with Crippen LogP contribution in [0.15, 0.2) is 36.2 Å². The number of likely N-dealkylation sites (tertiary alicyclic amines) is 1. The van der Waals surface area contributed by atoms with Gasteiger partial charge in [-0.2, -0.15) is 0 Å². The highest BCUT2D eigenvalue weighted by Gasteiger charge is 2.54. The molecule has 1 heterocycles. The van der Waals surface area contributed by atoms with Gasteiger partial charge in [-0.1, -0.05) is 12.1 Å². The van der Waals surface area contributed by atoms with E-state index in [2.05, 4.69) is 12.1 Å². The third-order valence-electron chi connectivity index (χ3n) is 7.16. The van der Waals surface area contributed by atoms with Gasteiger partial charge in [0.15, 0.2) is 0 Å². The van der Waals surface area contributed by atoms with Crippen LogP contribution in [0.25, 0.3) is 0 Å². The molecule has 6 heteroatoms. The van der Waals surface area contributed by atoms with Crippen LogP contribution in [-0.4, -0.2) is 48.3 Å². The lowest BCUT2D eigenvalue weighted by atomic mass is 9.51. The summed E-state index contributed by atoms with van der Waals surface area (Å²) in [6.07, 6.45) is 6.03. The first kappa shape index (κ1) is 19.4. The van der Waals surface area contributed by atoms with Crippen molar-refractivity contribution in [1.82, 2.24) is 4.90 Å². The Balaban J connectivity index is 1.39. The molecule has 1 aromatic rings. The Morgan fingerprint density at radius 1 is 1.18 bits per heavy atom. The van der Waals surface area contributed by atoms with Crippen LogP contribution in [0.3, 0.4) is 0 Å². The number of carbonyl (C=O) groups excluding carboxylic acids is 1. The molecule has 1 amide bonds. The quantitative estimate of drug-likeness (QED) is 0.786. The number of fused-ring (bicyclic) bond motifs is 3. The van der Waals surface area contributed by atoms with E-state index in [1.165, 1.54) is 5.56 Å². The lowest BCUT2D eigenvalue weighted by molar-refractivity contribution is -0.159. The summed E-state index contributed by atoms with van der Waals surface area (Å²) in [7, 11) is 0. The van der Waals surface area contributed by atoms with E-state index in [9.17, 15) is 14.3 Å². The number of carbonyl (C=O) groups is 1. The molecule has 0 spiro atoms. The average Bonchev–Trinajstić information content (AvgIpc) is 2.73. The summed E-state index contributed by atoms with van der Waals surface area (Å²) in [6, 6.07) is 8.12. The van der Waals surface area contributed by atoms with E-state index < -0.39 is 0 Å². The zero-order valence-electron chi connectivity index (χ0n) is 16.2. The van der Waals surface area contributed by atoms with Crippen molar-refractivity contribution in [3.63, 3.8) is 0 Å². The molecule has 3 aliphatic carbocycles. The Bertz CT molecular complexity index is 731. The minimum absolute atomic E-state index is 0.147. The SMILES string of the molecule is NCC(=CF)COc1ccc(C23CCC(C(=O)N4CC(O)C4)(CC2)CC3)cc1. The predicted octanol–water partition coefficient (Wildman–Crippen LogP) is 2.67. The molecule has 1 aliphatic heterocycles. The molecule has 0 radical (unpaired) electrons. The second kappa shape index (κ2) is 7.48. The summed E-state index contributed by atoms with van der Waals surface area (Å²) >= 11 is 0. The van der Waals surface area contributed by atoms with Crippen molar-refractivity contribution in [2.45, 2.75) is 50.0 Å². The summed E-state index contributed by atoms with van der Waals surface area (Å²) in [4.78, 5) is 14.8. The Morgan fingerprint density at radius 2 is 1.79 bits per heavy atom. The van der Waals surface area contributed by atoms with Gasteiger partial charge in [-0.3, -0.25) is 4.79 Å². The van der Waals surface area contributed by atoms with Gasteiger partial charge in [0, 0.05) is 30.6 Å². The molecule has 1 aromatic carbocycles. The van der Waals surface area contributed by atoms with Gasteiger partial charge in [-0.15, -0.1) is 0 Å². The van der Waals surface area contributed by atoms with E-state index >= 15 is 0 Å². The number of halogens is 1. The summed E-state index contributed by atoms with van der Waals surface area (Å²) in [5, 5.41) is 9.51. The lowest BCUT2D eigenvalue weighted by Crippen LogP contribution is -2.60. The Labute approximate surface area is 165 Å². The van der Waals surface area contributed by atoms with Crippen LogP contribution < -0.4 is 10.5 Å². The molecule has 5 nitrogen and oxygen atoms in total. The minimum atomic E-state index is -0.339. The summed E-state index contributed by atoms with van der Waals surface area (Å²) in [6.45, 7) is 1.30. The third-order valence-corrected chi connectivity index (χ3v) is 7.16. The molecule has 0 aromatic heterocycles. The Morgan fingerprint density at radius 3 is 2.29 bits per heavy atom. The first-order valence-electron chi connectivity index (χ1n) is 10.2. The Kier molecular flexibility index (Phi) is 5.19. The number of nitrogens with two attached hydrogens (primary N) is 1.